The molecule has 2 aliphatic rings. The van der Waals surface area contributed by atoms with E-state index in [2.05, 4.69) is 4.99 Å². The van der Waals surface area contributed by atoms with E-state index < -0.39 is 0 Å². The van der Waals surface area contributed by atoms with E-state index >= 15 is 0 Å². The van der Waals surface area contributed by atoms with Crippen LogP contribution < -0.4 is 5.73 Å². The summed E-state index contributed by atoms with van der Waals surface area (Å²) < 4.78 is 0. The van der Waals surface area contributed by atoms with Crippen molar-refractivity contribution in [3.8, 4) is 0 Å². The summed E-state index contributed by atoms with van der Waals surface area (Å²) in [5.74, 6) is 1.30. The van der Waals surface area contributed by atoms with Crippen molar-refractivity contribution >= 4 is 11.5 Å². The first-order chi connectivity index (χ1) is 7.18. The zero-order valence-corrected chi connectivity index (χ0v) is 9.41. The molecule has 3 atom stereocenters. The molecule has 15 heavy (non-hydrogen) atoms. The van der Waals surface area contributed by atoms with E-state index in [4.69, 9.17) is 5.73 Å². The van der Waals surface area contributed by atoms with E-state index in [1.165, 1.54) is 25.0 Å². The Morgan fingerprint density at radius 2 is 2.33 bits per heavy atom. The maximum atomic E-state index is 11.0. The maximum Gasteiger partial charge on any atom is 0.129 e. The molecule has 0 aromatic rings. The van der Waals surface area contributed by atoms with Crippen LogP contribution in [-0.4, -0.2) is 17.7 Å². The number of hydrogen-bond donors (Lipinski definition) is 1. The summed E-state index contributed by atoms with van der Waals surface area (Å²) in [6, 6.07) is 0. The molecule has 3 nitrogen and oxygen atoms in total. The Morgan fingerprint density at radius 3 is 3.07 bits per heavy atom. The smallest absolute Gasteiger partial charge is 0.129 e. The molecule has 0 spiro atoms. The lowest BCUT2D eigenvalue weighted by molar-refractivity contribution is -0.117. The van der Waals surface area contributed by atoms with Gasteiger partial charge in [-0.05, 0) is 32.6 Å². The molecule has 3 unspecified atom stereocenters. The number of nitrogens with zero attached hydrogens (tertiary/aromatic N) is 1. The number of carbonyl (C=O) groups is 1. The third-order valence-corrected chi connectivity index (χ3v) is 3.73. The molecule has 1 aliphatic heterocycles. The van der Waals surface area contributed by atoms with Crippen LogP contribution in [0, 0.1) is 11.8 Å². The van der Waals surface area contributed by atoms with E-state index in [0.29, 0.717) is 18.3 Å². The minimum absolute atomic E-state index is 0.0394. The predicted octanol–water partition coefficient (Wildman–Crippen LogP) is 1.90. The summed E-state index contributed by atoms with van der Waals surface area (Å²) in [4.78, 5) is 15.5. The fourth-order valence-corrected chi connectivity index (χ4v) is 2.91. The van der Waals surface area contributed by atoms with Crippen LogP contribution in [0.1, 0.15) is 45.4 Å². The molecule has 84 valence electrons. The molecule has 0 aromatic heterocycles. The molecule has 1 saturated carbocycles. The minimum Gasteiger partial charge on any atom is -0.310 e. The quantitative estimate of drug-likeness (QED) is 0.770. The van der Waals surface area contributed by atoms with E-state index in [1.807, 2.05) is 0 Å². The third kappa shape index (κ3) is 2.28. The van der Waals surface area contributed by atoms with Crippen molar-refractivity contribution < 1.29 is 4.79 Å². The second-order valence-electron chi connectivity index (χ2n) is 4.87. The van der Waals surface area contributed by atoms with E-state index in [9.17, 15) is 4.79 Å². The summed E-state index contributed by atoms with van der Waals surface area (Å²) in [6.45, 7) is 1.66. The van der Waals surface area contributed by atoms with Gasteiger partial charge in [0.05, 0.1) is 0 Å². The minimum atomic E-state index is -0.0394. The van der Waals surface area contributed by atoms with E-state index in [1.54, 1.807) is 6.92 Å². The second-order valence-corrected chi connectivity index (χ2v) is 4.87. The summed E-state index contributed by atoms with van der Waals surface area (Å²) >= 11 is 0. The van der Waals surface area contributed by atoms with Gasteiger partial charge in [-0.25, -0.2) is 0 Å². The Morgan fingerprint density at radius 1 is 1.53 bits per heavy atom. The molecule has 2 N–H and O–H groups in total. The standard InChI is InChI=1S/C12H20N2O/c1-8(15)6-7-10-9-4-2-3-5-11(9)14-12(10)13/h9-10,12H,2-7,13H2,1H3. The van der Waals surface area contributed by atoms with Crippen molar-refractivity contribution in [2.24, 2.45) is 22.6 Å². The van der Waals surface area contributed by atoms with Gasteiger partial charge in [0.15, 0.2) is 0 Å². The Labute approximate surface area is 91.1 Å². The van der Waals surface area contributed by atoms with Crippen molar-refractivity contribution in [2.75, 3.05) is 0 Å². The highest BCUT2D eigenvalue weighted by Crippen LogP contribution is 2.37. The van der Waals surface area contributed by atoms with Crippen molar-refractivity contribution in [3.63, 3.8) is 0 Å². The van der Waals surface area contributed by atoms with Gasteiger partial charge < -0.3 is 10.5 Å². The van der Waals surface area contributed by atoms with Gasteiger partial charge in [-0.2, -0.15) is 0 Å². The number of ketones is 1. The van der Waals surface area contributed by atoms with E-state index in [-0.39, 0.29) is 11.9 Å². The lowest BCUT2D eigenvalue weighted by Crippen LogP contribution is -2.30. The Balaban J connectivity index is 1.97. The fourth-order valence-electron chi connectivity index (χ4n) is 2.91. The van der Waals surface area contributed by atoms with Crippen LogP contribution in [0.4, 0.5) is 0 Å². The van der Waals surface area contributed by atoms with Gasteiger partial charge in [0, 0.05) is 24.0 Å². The third-order valence-electron chi connectivity index (χ3n) is 3.73. The molecule has 0 amide bonds. The first-order valence-corrected chi connectivity index (χ1v) is 6.00. The van der Waals surface area contributed by atoms with Gasteiger partial charge in [-0.1, -0.05) is 6.42 Å². The number of nitrogens with two attached hydrogens (primary N) is 1. The summed E-state index contributed by atoms with van der Waals surface area (Å²) in [7, 11) is 0. The number of fused-ring (bicyclic) bond motifs is 1. The Bertz CT molecular complexity index is 285. The highest BCUT2D eigenvalue weighted by Gasteiger charge is 2.37. The van der Waals surface area contributed by atoms with Crippen LogP contribution in [0.3, 0.4) is 0 Å². The molecule has 0 bridgehead atoms. The summed E-state index contributed by atoms with van der Waals surface area (Å²) in [5.41, 5.74) is 7.36. The van der Waals surface area contributed by atoms with Gasteiger partial charge >= 0.3 is 0 Å². The van der Waals surface area contributed by atoms with Crippen molar-refractivity contribution in [1.82, 2.24) is 0 Å². The van der Waals surface area contributed by atoms with Crippen molar-refractivity contribution in [3.05, 3.63) is 0 Å². The highest BCUT2D eigenvalue weighted by atomic mass is 16.1. The number of Topliss-reactive ketones (excluding diaryl/α,β-unsaturated/α-hetero) is 1. The number of rotatable bonds is 3. The zero-order chi connectivity index (χ0) is 10.8. The summed E-state index contributed by atoms with van der Waals surface area (Å²) in [6.07, 6.45) is 6.48. The molecule has 1 fully saturated rings. The van der Waals surface area contributed by atoms with E-state index in [0.717, 1.165) is 12.8 Å². The average molecular weight is 208 g/mol. The molecule has 0 saturated heterocycles. The molecule has 1 aliphatic carbocycles. The molecule has 0 aromatic carbocycles. The zero-order valence-electron chi connectivity index (χ0n) is 9.41. The molecular weight excluding hydrogens is 188 g/mol. The number of aliphatic imine (C=N–C) groups is 1. The normalized spacial score (nSPS) is 34.8. The largest absolute Gasteiger partial charge is 0.310 e. The lowest BCUT2D eigenvalue weighted by atomic mass is 9.78. The maximum absolute atomic E-state index is 11.0. The van der Waals surface area contributed by atoms with Crippen LogP contribution in [0.5, 0.6) is 0 Å². The topological polar surface area (TPSA) is 55.5 Å². The lowest BCUT2D eigenvalue weighted by Gasteiger charge is -2.26. The van der Waals surface area contributed by atoms with Gasteiger partial charge in [0.25, 0.3) is 0 Å². The molecule has 0 radical (unpaired) electrons. The molecule has 2 rings (SSSR count). The van der Waals surface area contributed by atoms with Gasteiger partial charge in [0.1, 0.15) is 11.9 Å². The van der Waals surface area contributed by atoms with Crippen LogP contribution in [-0.2, 0) is 4.79 Å². The molecular formula is C12H20N2O. The monoisotopic (exact) mass is 208 g/mol. The number of hydrogen-bond acceptors (Lipinski definition) is 3. The van der Waals surface area contributed by atoms with Crippen LogP contribution >= 0.6 is 0 Å². The van der Waals surface area contributed by atoms with Crippen LogP contribution in [0.25, 0.3) is 0 Å². The highest BCUT2D eigenvalue weighted by molar-refractivity contribution is 5.89. The Kier molecular flexibility index (Phi) is 3.19. The SMILES string of the molecule is CC(=O)CCC1C(N)N=C2CCCCC21. The predicted molar refractivity (Wildman–Crippen MR) is 60.8 cm³/mol. The summed E-state index contributed by atoms with van der Waals surface area (Å²) in [5, 5.41) is 0. The molecule has 1 heterocycles. The van der Waals surface area contributed by atoms with Gasteiger partial charge in [-0.15, -0.1) is 0 Å². The van der Waals surface area contributed by atoms with Crippen molar-refractivity contribution in [2.45, 2.75) is 51.6 Å². The van der Waals surface area contributed by atoms with Gasteiger partial charge in [-0.3, -0.25) is 4.99 Å². The average Bonchev–Trinajstić information content (AvgIpc) is 2.50. The second kappa shape index (κ2) is 4.44. The molecule has 3 heteroatoms. The fraction of sp³-hybridized carbons (Fsp3) is 0.833. The first kappa shape index (κ1) is 10.8. The first-order valence-electron chi connectivity index (χ1n) is 6.00. The van der Waals surface area contributed by atoms with Crippen LogP contribution in [0.15, 0.2) is 4.99 Å². The van der Waals surface area contributed by atoms with Crippen LogP contribution in [0.2, 0.25) is 0 Å². The van der Waals surface area contributed by atoms with Crippen molar-refractivity contribution in [1.29, 1.82) is 0 Å². The Hall–Kier alpha value is -0.700. The van der Waals surface area contributed by atoms with Gasteiger partial charge in [0.2, 0.25) is 0 Å². The number of carbonyl (C=O) groups excluding carboxylic acids is 1.